The Balaban J connectivity index is 1.41. The van der Waals surface area contributed by atoms with Gasteiger partial charge in [-0.15, -0.1) is 11.3 Å². The fourth-order valence-electron chi connectivity index (χ4n) is 3.58. The quantitative estimate of drug-likeness (QED) is 0.258. The van der Waals surface area contributed by atoms with Crippen molar-refractivity contribution in [2.75, 3.05) is 6.54 Å². The Morgan fingerprint density at radius 1 is 0.897 bits per heavy atom. The van der Waals surface area contributed by atoms with Crippen molar-refractivity contribution < 1.29 is 28.6 Å². The molecule has 0 saturated carbocycles. The maximum Gasteiger partial charge on any atom is 0.408 e. The van der Waals surface area contributed by atoms with Gasteiger partial charge in [0.15, 0.2) is 0 Å². The number of nitrogens with zero attached hydrogens (tertiary/aromatic N) is 1. The van der Waals surface area contributed by atoms with Gasteiger partial charge in [0.05, 0.1) is 21.2 Å². The highest BCUT2D eigenvalue weighted by molar-refractivity contribution is 7.21. The third-order valence-electron chi connectivity index (χ3n) is 5.44. The second-order valence-corrected chi connectivity index (χ2v) is 9.91. The van der Waals surface area contributed by atoms with Gasteiger partial charge in [-0.1, -0.05) is 60.7 Å². The van der Waals surface area contributed by atoms with Crippen molar-refractivity contribution in [2.24, 2.45) is 0 Å². The summed E-state index contributed by atoms with van der Waals surface area (Å²) in [6.07, 6.45) is 0.778. The van der Waals surface area contributed by atoms with Crippen LogP contribution in [-0.2, 0) is 27.5 Å². The number of fused-ring (bicyclic) bond motifs is 1. The molecule has 9 nitrogen and oxygen atoms in total. The molecule has 0 radical (unpaired) electrons. The zero-order chi connectivity index (χ0) is 27.6. The number of nitrogens with one attached hydrogen (secondary N) is 2. The molecule has 2 amide bonds. The van der Waals surface area contributed by atoms with E-state index in [1.54, 1.807) is 18.3 Å². The summed E-state index contributed by atoms with van der Waals surface area (Å²) in [4.78, 5) is 43.1. The zero-order valence-electron chi connectivity index (χ0n) is 21.6. The number of ether oxygens (including phenoxy) is 3. The molecule has 39 heavy (non-hydrogen) atoms. The van der Waals surface area contributed by atoms with Crippen molar-refractivity contribution in [1.82, 2.24) is 15.6 Å². The molecule has 10 heteroatoms. The Labute approximate surface area is 230 Å². The lowest BCUT2D eigenvalue weighted by Gasteiger charge is -2.18. The second kappa shape index (κ2) is 13.4. The Bertz CT molecular complexity index is 1410. The largest absolute Gasteiger partial charge is 0.489 e. The first-order valence-electron chi connectivity index (χ1n) is 12.4. The molecule has 2 aromatic carbocycles. The topological polar surface area (TPSA) is 116 Å². The summed E-state index contributed by atoms with van der Waals surface area (Å²) in [7, 11) is 0. The van der Waals surface area contributed by atoms with E-state index in [2.05, 4.69) is 15.6 Å². The molecule has 2 N–H and O–H groups in total. The van der Waals surface area contributed by atoms with Crippen LogP contribution in [0.1, 0.15) is 34.6 Å². The van der Waals surface area contributed by atoms with Crippen LogP contribution < -0.4 is 15.4 Å². The molecule has 0 unspecified atom stereocenters. The predicted octanol–water partition coefficient (Wildman–Crippen LogP) is 4.85. The van der Waals surface area contributed by atoms with E-state index in [-0.39, 0.29) is 25.9 Å². The summed E-state index contributed by atoms with van der Waals surface area (Å²) < 4.78 is 17.2. The number of hydrogen-bond acceptors (Lipinski definition) is 8. The van der Waals surface area contributed by atoms with Crippen molar-refractivity contribution in [2.45, 2.75) is 39.2 Å². The Hall–Kier alpha value is -4.44. The molecule has 0 spiro atoms. The molecule has 4 rings (SSSR count). The number of thiophene rings is 1. The van der Waals surface area contributed by atoms with Gasteiger partial charge >= 0.3 is 12.1 Å². The van der Waals surface area contributed by atoms with E-state index in [0.717, 1.165) is 15.8 Å². The summed E-state index contributed by atoms with van der Waals surface area (Å²) in [5.74, 6) is -0.487. The number of rotatable bonds is 11. The van der Waals surface area contributed by atoms with Gasteiger partial charge in [0.25, 0.3) is 5.91 Å². The molecule has 202 valence electrons. The lowest BCUT2D eigenvalue weighted by Crippen LogP contribution is -2.49. The smallest absolute Gasteiger partial charge is 0.408 e. The lowest BCUT2D eigenvalue weighted by atomic mass is 10.2. The monoisotopic (exact) mass is 547 g/mol. The van der Waals surface area contributed by atoms with Gasteiger partial charge in [-0.3, -0.25) is 9.78 Å². The number of amides is 2. The highest BCUT2D eigenvalue weighted by Crippen LogP contribution is 2.32. The fourth-order valence-corrected chi connectivity index (χ4v) is 4.57. The van der Waals surface area contributed by atoms with Crippen molar-refractivity contribution in [1.29, 1.82) is 0 Å². The van der Waals surface area contributed by atoms with Crippen LogP contribution in [0.2, 0.25) is 0 Å². The lowest BCUT2D eigenvalue weighted by molar-refractivity contribution is -0.147. The molecule has 0 aliphatic heterocycles. The van der Waals surface area contributed by atoms with Gasteiger partial charge < -0.3 is 24.8 Å². The Kier molecular flexibility index (Phi) is 9.47. The molecule has 0 bridgehead atoms. The van der Waals surface area contributed by atoms with Gasteiger partial charge in [-0.2, -0.15) is 0 Å². The normalized spacial score (nSPS) is 11.6. The predicted molar refractivity (Wildman–Crippen MR) is 148 cm³/mol. The highest BCUT2D eigenvalue weighted by atomic mass is 32.1. The van der Waals surface area contributed by atoms with Gasteiger partial charge in [0.1, 0.15) is 25.0 Å². The summed E-state index contributed by atoms with van der Waals surface area (Å²) in [5.41, 5.74) is 2.21. The van der Waals surface area contributed by atoms with E-state index in [1.807, 2.05) is 74.5 Å². The SMILES string of the molecule is CC(C)Oc1ccnc2cc(C(=O)NC[C@@H](NC(=O)OCc3ccccc3)C(=O)OCc3ccccc3)sc12. The van der Waals surface area contributed by atoms with Crippen molar-refractivity contribution in [3.63, 3.8) is 0 Å². The number of alkyl carbamates (subject to hydrolysis) is 1. The standard InChI is InChI=1S/C29H29N3O6S/c1-19(2)38-24-13-14-30-22-15-25(39-26(22)24)27(33)31-16-23(28(34)36-17-20-9-5-3-6-10-20)32-29(35)37-18-21-11-7-4-8-12-21/h3-15,19,23H,16-18H2,1-2H3,(H,31,33)(H,32,35)/t23-/m1/s1. The Morgan fingerprint density at radius 3 is 2.18 bits per heavy atom. The fraction of sp³-hybridized carbons (Fsp3) is 0.241. The number of esters is 1. The first kappa shape index (κ1) is 27.6. The van der Waals surface area contributed by atoms with E-state index in [1.165, 1.54) is 11.3 Å². The van der Waals surface area contributed by atoms with E-state index >= 15 is 0 Å². The number of carbonyl (C=O) groups excluding carboxylic acids is 3. The van der Waals surface area contributed by atoms with E-state index < -0.39 is 24.0 Å². The van der Waals surface area contributed by atoms with Crippen LogP contribution in [0.25, 0.3) is 10.2 Å². The first-order chi connectivity index (χ1) is 18.9. The van der Waals surface area contributed by atoms with E-state index in [9.17, 15) is 14.4 Å². The molecule has 4 aromatic rings. The van der Waals surface area contributed by atoms with Crippen LogP contribution in [0.3, 0.4) is 0 Å². The van der Waals surface area contributed by atoms with Gasteiger partial charge in [0.2, 0.25) is 0 Å². The minimum absolute atomic E-state index is 0.0193. The zero-order valence-corrected chi connectivity index (χ0v) is 22.4. The van der Waals surface area contributed by atoms with Crippen LogP contribution in [-0.4, -0.2) is 41.6 Å². The van der Waals surface area contributed by atoms with E-state index in [0.29, 0.717) is 16.1 Å². The maximum absolute atomic E-state index is 13.0. The molecule has 0 aliphatic carbocycles. The van der Waals surface area contributed by atoms with Crippen LogP contribution in [0.4, 0.5) is 4.79 Å². The molecule has 2 aromatic heterocycles. The second-order valence-electron chi connectivity index (χ2n) is 8.86. The summed E-state index contributed by atoms with van der Waals surface area (Å²) in [6, 6.07) is 20.5. The summed E-state index contributed by atoms with van der Waals surface area (Å²) >= 11 is 1.23. The van der Waals surface area contributed by atoms with Gasteiger partial charge in [-0.25, -0.2) is 9.59 Å². The van der Waals surface area contributed by atoms with E-state index in [4.69, 9.17) is 14.2 Å². The first-order valence-corrected chi connectivity index (χ1v) is 13.2. The van der Waals surface area contributed by atoms with Crippen LogP contribution in [0.5, 0.6) is 5.75 Å². The highest BCUT2D eigenvalue weighted by Gasteiger charge is 2.25. The average Bonchev–Trinajstić information content (AvgIpc) is 3.39. The molecule has 1 atom stereocenters. The van der Waals surface area contributed by atoms with Crippen molar-refractivity contribution >= 4 is 39.5 Å². The molecular formula is C29H29N3O6S. The van der Waals surface area contributed by atoms with Gasteiger partial charge in [0, 0.05) is 12.7 Å². The maximum atomic E-state index is 13.0. The summed E-state index contributed by atoms with van der Waals surface area (Å²) in [6.45, 7) is 3.68. The number of benzene rings is 2. The third-order valence-corrected chi connectivity index (χ3v) is 6.58. The van der Waals surface area contributed by atoms with Crippen molar-refractivity contribution in [3.05, 3.63) is 95.0 Å². The molecule has 0 saturated heterocycles. The van der Waals surface area contributed by atoms with Crippen molar-refractivity contribution in [3.8, 4) is 5.75 Å². The average molecular weight is 548 g/mol. The number of aromatic nitrogens is 1. The third kappa shape index (κ3) is 8.02. The number of pyridine rings is 1. The number of carbonyl (C=O) groups is 3. The minimum Gasteiger partial charge on any atom is -0.489 e. The minimum atomic E-state index is -1.17. The van der Waals surface area contributed by atoms with Crippen LogP contribution in [0, 0.1) is 0 Å². The van der Waals surface area contributed by atoms with Gasteiger partial charge in [-0.05, 0) is 37.1 Å². The molecule has 2 heterocycles. The van der Waals surface area contributed by atoms with Crippen LogP contribution in [0.15, 0.2) is 79.0 Å². The summed E-state index contributed by atoms with van der Waals surface area (Å²) in [5, 5.41) is 5.22. The molecular weight excluding hydrogens is 518 g/mol. The molecule has 0 aliphatic rings. The van der Waals surface area contributed by atoms with Crippen LogP contribution >= 0.6 is 11.3 Å². The molecule has 0 fully saturated rings. The number of hydrogen-bond donors (Lipinski definition) is 2. The Morgan fingerprint density at radius 2 is 1.54 bits per heavy atom.